The number of benzene rings is 1. The van der Waals surface area contributed by atoms with Crippen molar-refractivity contribution >= 4 is 28.5 Å². The topological polar surface area (TPSA) is 34.0 Å². The highest BCUT2D eigenvalue weighted by molar-refractivity contribution is 6.31. The summed E-state index contributed by atoms with van der Waals surface area (Å²) >= 11 is 5.87. The number of carbonyl (C=O) groups is 1. The third-order valence-corrected chi connectivity index (χ3v) is 2.70. The number of amides is 1. The van der Waals surface area contributed by atoms with E-state index in [9.17, 15) is 4.79 Å². The summed E-state index contributed by atoms with van der Waals surface area (Å²) in [5, 5.41) is 4.48. The number of nitrogens with zero attached hydrogens (tertiary/aromatic N) is 1. The average molecular weight is 207 g/mol. The number of hydrogen-bond donors (Lipinski definition) is 1. The van der Waals surface area contributed by atoms with E-state index in [0.717, 1.165) is 16.6 Å². The van der Waals surface area contributed by atoms with Crippen molar-refractivity contribution < 1.29 is 4.79 Å². The van der Waals surface area contributed by atoms with Gasteiger partial charge in [-0.3, -0.25) is 4.57 Å². The van der Waals surface area contributed by atoms with Gasteiger partial charge in [-0.25, -0.2) is 4.79 Å². The van der Waals surface area contributed by atoms with Gasteiger partial charge in [0.2, 0.25) is 0 Å². The van der Waals surface area contributed by atoms with Crippen molar-refractivity contribution in [2.45, 2.75) is 6.54 Å². The van der Waals surface area contributed by atoms with Gasteiger partial charge < -0.3 is 5.32 Å². The highest BCUT2D eigenvalue weighted by Gasteiger charge is 2.20. The second kappa shape index (κ2) is 2.51. The molecule has 0 unspecified atom stereocenters. The first kappa shape index (κ1) is 7.88. The minimum Gasteiger partial charge on any atom is -0.332 e. The SMILES string of the molecule is O=C1NCc2cc3cc(Cl)ccc3n21. The van der Waals surface area contributed by atoms with Crippen molar-refractivity contribution in [3.8, 4) is 0 Å². The summed E-state index contributed by atoms with van der Waals surface area (Å²) in [6, 6.07) is 7.46. The van der Waals surface area contributed by atoms with Crippen LogP contribution in [0.2, 0.25) is 5.02 Å². The quantitative estimate of drug-likeness (QED) is 0.706. The van der Waals surface area contributed by atoms with Crippen LogP contribution in [0.5, 0.6) is 0 Å². The zero-order chi connectivity index (χ0) is 9.71. The maximum Gasteiger partial charge on any atom is 0.326 e. The molecule has 1 N–H and O–H groups in total. The molecular formula is C10H7ClN2O. The molecule has 14 heavy (non-hydrogen) atoms. The summed E-state index contributed by atoms with van der Waals surface area (Å²) in [6.07, 6.45) is 0. The van der Waals surface area contributed by atoms with Crippen LogP contribution < -0.4 is 5.32 Å². The van der Waals surface area contributed by atoms with Crippen molar-refractivity contribution in [2.24, 2.45) is 0 Å². The van der Waals surface area contributed by atoms with Gasteiger partial charge in [0, 0.05) is 16.1 Å². The van der Waals surface area contributed by atoms with Gasteiger partial charge in [-0.1, -0.05) is 11.6 Å². The Balaban J connectivity index is 2.41. The van der Waals surface area contributed by atoms with Crippen LogP contribution in [0, 0.1) is 0 Å². The molecule has 0 aliphatic carbocycles. The fraction of sp³-hybridized carbons (Fsp3) is 0.100. The molecule has 0 radical (unpaired) electrons. The number of fused-ring (bicyclic) bond motifs is 3. The summed E-state index contributed by atoms with van der Waals surface area (Å²) in [4.78, 5) is 11.4. The van der Waals surface area contributed by atoms with Crippen molar-refractivity contribution in [1.29, 1.82) is 0 Å². The summed E-state index contributed by atoms with van der Waals surface area (Å²) < 4.78 is 1.69. The number of rotatable bonds is 0. The number of halogens is 1. The lowest BCUT2D eigenvalue weighted by atomic mass is 10.2. The van der Waals surface area contributed by atoms with E-state index >= 15 is 0 Å². The van der Waals surface area contributed by atoms with Gasteiger partial charge in [0.1, 0.15) is 0 Å². The van der Waals surface area contributed by atoms with Gasteiger partial charge in [0.05, 0.1) is 12.1 Å². The summed E-state index contributed by atoms with van der Waals surface area (Å²) in [7, 11) is 0. The lowest BCUT2D eigenvalue weighted by molar-refractivity contribution is 0.247. The Kier molecular flexibility index (Phi) is 1.42. The summed E-state index contributed by atoms with van der Waals surface area (Å²) in [5.74, 6) is 0. The molecule has 3 nitrogen and oxygen atoms in total. The monoisotopic (exact) mass is 206 g/mol. The van der Waals surface area contributed by atoms with Crippen LogP contribution in [0.25, 0.3) is 10.9 Å². The minimum atomic E-state index is -0.0580. The predicted molar refractivity (Wildman–Crippen MR) is 54.6 cm³/mol. The highest BCUT2D eigenvalue weighted by atomic mass is 35.5. The Morgan fingerprint density at radius 2 is 2.21 bits per heavy atom. The molecule has 1 aliphatic heterocycles. The van der Waals surface area contributed by atoms with E-state index in [2.05, 4.69) is 5.32 Å². The Morgan fingerprint density at radius 1 is 1.36 bits per heavy atom. The first-order chi connectivity index (χ1) is 6.75. The Bertz CT molecular complexity index is 544. The van der Waals surface area contributed by atoms with Crippen molar-refractivity contribution in [2.75, 3.05) is 0 Å². The van der Waals surface area contributed by atoms with Gasteiger partial charge in [0.15, 0.2) is 0 Å². The van der Waals surface area contributed by atoms with Crippen molar-refractivity contribution in [3.05, 3.63) is 35.0 Å². The lowest BCUT2D eigenvalue weighted by Crippen LogP contribution is -2.17. The molecule has 1 aromatic heterocycles. The zero-order valence-corrected chi connectivity index (χ0v) is 8.01. The van der Waals surface area contributed by atoms with Crippen molar-refractivity contribution in [3.63, 3.8) is 0 Å². The molecule has 2 heterocycles. The fourth-order valence-electron chi connectivity index (χ4n) is 1.86. The molecule has 70 valence electrons. The third-order valence-electron chi connectivity index (χ3n) is 2.46. The van der Waals surface area contributed by atoms with E-state index in [1.54, 1.807) is 10.6 Å². The van der Waals surface area contributed by atoms with Crippen LogP contribution in [0.4, 0.5) is 4.79 Å². The van der Waals surface area contributed by atoms with Crippen LogP contribution in [-0.2, 0) is 6.54 Å². The number of aromatic nitrogens is 1. The molecule has 3 rings (SSSR count). The van der Waals surface area contributed by atoms with E-state index in [1.807, 2.05) is 18.2 Å². The average Bonchev–Trinajstić information content (AvgIpc) is 2.66. The molecule has 0 bridgehead atoms. The molecule has 0 spiro atoms. The molecule has 0 atom stereocenters. The van der Waals surface area contributed by atoms with Gasteiger partial charge in [-0.15, -0.1) is 0 Å². The Morgan fingerprint density at radius 3 is 3.07 bits per heavy atom. The first-order valence-corrected chi connectivity index (χ1v) is 4.71. The van der Waals surface area contributed by atoms with Crippen molar-refractivity contribution in [1.82, 2.24) is 9.88 Å². The Hall–Kier alpha value is -1.48. The molecule has 0 saturated carbocycles. The van der Waals surface area contributed by atoms with Crippen LogP contribution in [0.15, 0.2) is 24.3 Å². The maximum atomic E-state index is 11.4. The summed E-state index contributed by atoms with van der Waals surface area (Å²) in [6.45, 7) is 0.602. The third kappa shape index (κ3) is 0.902. The van der Waals surface area contributed by atoms with E-state index in [4.69, 9.17) is 11.6 Å². The van der Waals surface area contributed by atoms with Gasteiger partial charge in [0.25, 0.3) is 0 Å². The molecule has 0 fully saturated rings. The highest BCUT2D eigenvalue weighted by Crippen LogP contribution is 2.25. The summed E-state index contributed by atoms with van der Waals surface area (Å²) in [5.41, 5.74) is 1.91. The van der Waals surface area contributed by atoms with E-state index < -0.39 is 0 Å². The van der Waals surface area contributed by atoms with E-state index in [-0.39, 0.29) is 6.03 Å². The van der Waals surface area contributed by atoms with Crippen LogP contribution in [0.3, 0.4) is 0 Å². The van der Waals surface area contributed by atoms with Gasteiger partial charge in [-0.2, -0.15) is 0 Å². The number of nitrogens with one attached hydrogen (secondary N) is 1. The van der Waals surface area contributed by atoms with Gasteiger partial charge in [-0.05, 0) is 24.3 Å². The smallest absolute Gasteiger partial charge is 0.326 e. The number of carbonyl (C=O) groups excluding carboxylic acids is 1. The molecule has 1 aromatic carbocycles. The standard InChI is InChI=1S/C10H7ClN2O/c11-7-1-2-9-6(3-7)4-8-5-12-10(14)13(8)9/h1-4H,5H2,(H,12,14). The lowest BCUT2D eigenvalue weighted by Gasteiger charge is -1.97. The minimum absolute atomic E-state index is 0.0580. The second-order valence-electron chi connectivity index (χ2n) is 3.33. The zero-order valence-electron chi connectivity index (χ0n) is 7.25. The number of hydrogen-bond acceptors (Lipinski definition) is 1. The van der Waals surface area contributed by atoms with Crippen LogP contribution in [-0.4, -0.2) is 10.6 Å². The molecule has 2 aromatic rings. The Labute approximate surface area is 85.3 Å². The molecule has 1 amide bonds. The fourth-order valence-corrected chi connectivity index (χ4v) is 2.04. The predicted octanol–water partition coefficient (Wildman–Crippen LogP) is 2.37. The largest absolute Gasteiger partial charge is 0.332 e. The van der Waals surface area contributed by atoms with Gasteiger partial charge >= 0.3 is 6.03 Å². The molecule has 1 aliphatic rings. The molecule has 4 heteroatoms. The first-order valence-electron chi connectivity index (χ1n) is 4.34. The molecule has 0 saturated heterocycles. The van der Waals surface area contributed by atoms with Crippen LogP contribution in [0.1, 0.15) is 5.69 Å². The van der Waals surface area contributed by atoms with E-state index in [0.29, 0.717) is 11.6 Å². The normalized spacial score (nSPS) is 14.5. The second-order valence-corrected chi connectivity index (χ2v) is 3.77. The molecular weight excluding hydrogens is 200 g/mol. The maximum absolute atomic E-state index is 11.4. The van der Waals surface area contributed by atoms with E-state index in [1.165, 1.54) is 0 Å². The van der Waals surface area contributed by atoms with Crippen LogP contribution >= 0.6 is 11.6 Å².